The number of aliphatic imine (C=N–C) groups is 1. The second kappa shape index (κ2) is 11.5. The summed E-state index contributed by atoms with van der Waals surface area (Å²) in [7, 11) is 0. The van der Waals surface area contributed by atoms with Crippen molar-refractivity contribution in [3.63, 3.8) is 0 Å². The van der Waals surface area contributed by atoms with Crippen LogP contribution in [0.1, 0.15) is 26.3 Å². The number of hydrogen-bond acceptors (Lipinski definition) is 3. The Labute approximate surface area is 160 Å². The van der Waals surface area contributed by atoms with Crippen molar-refractivity contribution in [2.75, 3.05) is 25.6 Å². The summed E-state index contributed by atoms with van der Waals surface area (Å²) >= 11 is 3.62. The van der Waals surface area contributed by atoms with E-state index in [1.165, 1.54) is 10.5 Å². The lowest BCUT2D eigenvalue weighted by atomic mass is 10.2. The Bertz CT molecular complexity index is 447. The number of hydrogen-bond donors (Lipinski definition) is 2. The number of rotatable bonds is 7. The Morgan fingerprint density at radius 3 is 2.27 bits per heavy atom. The number of halogens is 1. The molecule has 0 saturated heterocycles. The normalized spacial score (nSPS) is 11.8. The molecule has 1 aromatic carbocycles. The van der Waals surface area contributed by atoms with Crippen molar-refractivity contribution in [3.8, 4) is 0 Å². The van der Waals surface area contributed by atoms with Crippen molar-refractivity contribution >= 4 is 53.5 Å². The Balaban J connectivity index is 0.00000441. The molecule has 0 atom stereocenters. The zero-order valence-electron chi connectivity index (χ0n) is 14.1. The first kappa shape index (κ1) is 21.9. The van der Waals surface area contributed by atoms with Gasteiger partial charge in [-0.2, -0.15) is 11.8 Å². The molecule has 22 heavy (non-hydrogen) atoms. The number of nitrogens with zero attached hydrogens (tertiary/aromatic N) is 1. The van der Waals surface area contributed by atoms with Crippen LogP contribution in [-0.2, 0) is 6.54 Å². The van der Waals surface area contributed by atoms with E-state index in [0.717, 1.165) is 19.0 Å². The standard InChI is InChI=1S/C16H27N3S2.HI/c1-6-17-15(19-12-16(2,3)21-5)18-11-13-7-9-14(20-4)10-8-13;/h7-10H,6,11-12H2,1-5H3,(H2,17,18,19);1H. The molecule has 6 heteroatoms. The molecule has 0 spiro atoms. The van der Waals surface area contributed by atoms with Gasteiger partial charge in [0.1, 0.15) is 0 Å². The second-order valence-corrected chi connectivity index (χ2v) is 7.75. The Morgan fingerprint density at radius 2 is 1.77 bits per heavy atom. The molecule has 0 saturated carbocycles. The van der Waals surface area contributed by atoms with E-state index >= 15 is 0 Å². The first-order valence-corrected chi connectivity index (χ1v) is 9.66. The van der Waals surface area contributed by atoms with E-state index in [2.05, 4.69) is 73.2 Å². The Hall–Kier alpha value is -0.0800. The van der Waals surface area contributed by atoms with Crippen LogP contribution < -0.4 is 10.6 Å². The van der Waals surface area contributed by atoms with E-state index in [-0.39, 0.29) is 28.7 Å². The summed E-state index contributed by atoms with van der Waals surface area (Å²) in [5.74, 6) is 0.883. The smallest absolute Gasteiger partial charge is 0.191 e. The predicted octanol–water partition coefficient (Wildman–Crippen LogP) is 4.22. The van der Waals surface area contributed by atoms with Crippen LogP contribution in [0.5, 0.6) is 0 Å². The minimum atomic E-state index is 0. The molecule has 0 amide bonds. The zero-order valence-corrected chi connectivity index (χ0v) is 18.1. The maximum absolute atomic E-state index is 4.65. The van der Waals surface area contributed by atoms with Gasteiger partial charge >= 0.3 is 0 Å². The van der Waals surface area contributed by atoms with E-state index in [1.807, 2.05) is 11.8 Å². The molecule has 126 valence electrons. The fraction of sp³-hybridized carbons (Fsp3) is 0.562. The van der Waals surface area contributed by atoms with Gasteiger partial charge in [-0.3, -0.25) is 0 Å². The third-order valence-corrected chi connectivity index (χ3v) is 5.15. The van der Waals surface area contributed by atoms with Gasteiger partial charge in [0.15, 0.2) is 5.96 Å². The van der Waals surface area contributed by atoms with Gasteiger partial charge < -0.3 is 10.6 Å². The van der Waals surface area contributed by atoms with E-state index < -0.39 is 0 Å². The molecule has 2 N–H and O–H groups in total. The van der Waals surface area contributed by atoms with E-state index in [4.69, 9.17) is 0 Å². The van der Waals surface area contributed by atoms with E-state index in [9.17, 15) is 0 Å². The van der Waals surface area contributed by atoms with Gasteiger partial charge in [-0.25, -0.2) is 4.99 Å². The minimum absolute atomic E-state index is 0. The Morgan fingerprint density at radius 1 is 1.14 bits per heavy atom. The minimum Gasteiger partial charge on any atom is -0.357 e. The van der Waals surface area contributed by atoms with Gasteiger partial charge in [-0.15, -0.1) is 35.7 Å². The van der Waals surface area contributed by atoms with E-state index in [1.54, 1.807) is 11.8 Å². The summed E-state index contributed by atoms with van der Waals surface area (Å²) in [4.78, 5) is 5.94. The highest BCUT2D eigenvalue weighted by Crippen LogP contribution is 2.19. The van der Waals surface area contributed by atoms with Crippen LogP contribution in [0.2, 0.25) is 0 Å². The summed E-state index contributed by atoms with van der Waals surface area (Å²) in [5, 5.41) is 6.72. The molecule has 0 aliphatic rings. The maximum Gasteiger partial charge on any atom is 0.191 e. The molecule has 0 aliphatic heterocycles. The molecule has 0 radical (unpaired) electrons. The van der Waals surface area contributed by atoms with E-state index in [0.29, 0.717) is 6.54 Å². The highest BCUT2D eigenvalue weighted by atomic mass is 127. The monoisotopic (exact) mass is 453 g/mol. The van der Waals surface area contributed by atoms with Gasteiger partial charge in [0, 0.05) is 22.7 Å². The Kier molecular flexibility index (Phi) is 11.4. The lowest BCUT2D eigenvalue weighted by molar-refractivity contribution is 0.665. The van der Waals surface area contributed by atoms with Crippen molar-refractivity contribution in [1.29, 1.82) is 0 Å². The van der Waals surface area contributed by atoms with Gasteiger partial charge in [0.25, 0.3) is 0 Å². The van der Waals surface area contributed by atoms with Crippen molar-refractivity contribution in [1.82, 2.24) is 10.6 Å². The molecule has 0 aromatic heterocycles. The molecule has 0 fully saturated rings. The first-order chi connectivity index (χ1) is 10.0. The molecule has 1 rings (SSSR count). The summed E-state index contributed by atoms with van der Waals surface area (Å²) in [5.41, 5.74) is 1.23. The maximum atomic E-state index is 4.65. The van der Waals surface area contributed by atoms with Crippen molar-refractivity contribution in [3.05, 3.63) is 29.8 Å². The molecule has 0 unspecified atom stereocenters. The van der Waals surface area contributed by atoms with Gasteiger partial charge in [0.05, 0.1) is 6.54 Å². The zero-order chi connectivity index (χ0) is 15.7. The molecule has 3 nitrogen and oxygen atoms in total. The van der Waals surface area contributed by atoms with Gasteiger partial charge in [0.2, 0.25) is 0 Å². The highest BCUT2D eigenvalue weighted by Gasteiger charge is 2.15. The lowest BCUT2D eigenvalue weighted by Crippen LogP contribution is -2.43. The summed E-state index contributed by atoms with van der Waals surface area (Å²) in [6.45, 7) is 9.01. The summed E-state index contributed by atoms with van der Waals surface area (Å²) in [6.07, 6.45) is 4.23. The third-order valence-electron chi connectivity index (χ3n) is 3.16. The third kappa shape index (κ3) is 8.53. The van der Waals surface area contributed by atoms with Crippen LogP contribution in [0.25, 0.3) is 0 Å². The average molecular weight is 453 g/mol. The van der Waals surface area contributed by atoms with Crippen LogP contribution in [-0.4, -0.2) is 36.3 Å². The van der Waals surface area contributed by atoms with Crippen LogP contribution in [0.3, 0.4) is 0 Å². The van der Waals surface area contributed by atoms with Crippen molar-refractivity contribution in [2.45, 2.75) is 37.0 Å². The fourth-order valence-corrected chi connectivity index (χ4v) is 2.24. The highest BCUT2D eigenvalue weighted by molar-refractivity contribution is 14.0. The molecule has 0 aliphatic carbocycles. The average Bonchev–Trinajstić information content (AvgIpc) is 2.50. The second-order valence-electron chi connectivity index (χ2n) is 5.36. The van der Waals surface area contributed by atoms with Crippen LogP contribution in [0.4, 0.5) is 0 Å². The predicted molar refractivity (Wildman–Crippen MR) is 114 cm³/mol. The SMILES string of the molecule is CCNC(=NCc1ccc(SC)cc1)NCC(C)(C)SC.I. The number of guanidine groups is 1. The van der Waals surface area contributed by atoms with Crippen molar-refractivity contribution < 1.29 is 0 Å². The largest absolute Gasteiger partial charge is 0.357 e. The molecular formula is C16H28IN3S2. The molecule has 0 bridgehead atoms. The summed E-state index contributed by atoms with van der Waals surface area (Å²) < 4.78 is 0.205. The number of benzene rings is 1. The molecule has 0 heterocycles. The van der Waals surface area contributed by atoms with Crippen LogP contribution in [0, 0.1) is 0 Å². The quantitative estimate of drug-likeness (QED) is 0.281. The molecule has 1 aromatic rings. The molecular weight excluding hydrogens is 425 g/mol. The van der Waals surface area contributed by atoms with Crippen molar-refractivity contribution in [2.24, 2.45) is 4.99 Å². The first-order valence-electron chi connectivity index (χ1n) is 7.21. The lowest BCUT2D eigenvalue weighted by Gasteiger charge is -2.23. The van der Waals surface area contributed by atoms with Gasteiger partial charge in [-0.05, 0) is 51.0 Å². The summed E-state index contributed by atoms with van der Waals surface area (Å²) in [6, 6.07) is 8.58. The number of nitrogens with one attached hydrogen (secondary N) is 2. The fourth-order valence-electron chi connectivity index (χ4n) is 1.61. The van der Waals surface area contributed by atoms with Crippen LogP contribution >= 0.6 is 47.5 Å². The topological polar surface area (TPSA) is 36.4 Å². The van der Waals surface area contributed by atoms with Crippen LogP contribution in [0.15, 0.2) is 34.2 Å². The van der Waals surface area contributed by atoms with Gasteiger partial charge in [-0.1, -0.05) is 12.1 Å². The number of thioether (sulfide) groups is 2.